The van der Waals surface area contributed by atoms with E-state index in [4.69, 9.17) is 5.73 Å². The van der Waals surface area contributed by atoms with Gasteiger partial charge in [-0.05, 0) is 37.5 Å². The summed E-state index contributed by atoms with van der Waals surface area (Å²) in [6.45, 7) is 5.35. The molecule has 1 aliphatic carbocycles. The van der Waals surface area contributed by atoms with Crippen LogP contribution in [0, 0.1) is 11.8 Å². The number of aliphatic hydroxyl groups is 1. The van der Waals surface area contributed by atoms with Crippen molar-refractivity contribution in [2.24, 2.45) is 17.6 Å². The number of aliphatic hydroxyl groups excluding tert-OH is 1. The Morgan fingerprint density at radius 2 is 2.12 bits per heavy atom. The second-order valence-electron chi connectivity index (χ2n) is 5.75. The number of hydrogen-bond donors (Lipinski definition) is 2. The summed E-state index contributed by atoms with van der Waals surface area (Å²) in [4.78, 5) is 2.49. The number of likely N-dealkylation sites (tertiary alicyclic amines) is 1. The fourth-order valence-electron chi connectivity index (χ4n) is 3.08. The lowest BCUT2D eigenvalue weighted by molar-refractivity contribution is 0.0306. The summed E-state index contributed by atoms with van der Waals surface area (Å²) < 4.78 is 0. The highest BCUT2D eigenvalue weighted by Gasteiger charge is 2.31. The van der Waals surface area contributed by atoms with Crippen LogP contribution in [0.4, 0.5) is 0 Å². The highest BCUT2D eigenvalue weighted by molar-refractivity contribution is 4.86. The molecule has 0 aromatic heterocycles. The van der Waals surface area contributed by atoms with E-state index in [0.29, 0.717) is 5.92 Å². The molecule has 94 valence electrons. The Hall–Kier alpha value is -0.120. The molecule has 3 unspecified atom stereocenters. The van der Waals surface area contributed by atoms with Crippen molar-refractivity contribution in [3.8, 4) is 0 Å². The molecule has 0 aromatic carbocycles. The zero-order valence-electron chi connectivity index (χ0n) is 10.4. The van der Waals surface area contributed by atoms with Crippen LogP contribution in [0.15, 0.2) is 0 Å². The van der Waals surface area contributed by atoms with E-state index in [0.717, 1.165) is 31.8 Å². The third kappa shape index (κ3) is 2.96. The predicted molar refractivity (Wildman–Crippen MR) is 66.2 cm³/mol. The Morgan fingerprint density at radius 3 is 2.69 bits per heavy atom. The normalized spacial score (nSPS) is 34.7. The molecule has 2 fully saturated rings. The third-order valence-corrected chi connectivity index (χ3v) is 4.29. The van der Waals surface area contributed by atoms with E-state index in [1.807, 2.05) is 0 Å². The zero-order valence-corrected chi connectivity index (χ0v) is 10.4. The minimum absolute atomic E-state index is 0.157. The maximum absolute atomic E-state index is 9.94. The molecule has 3 N–H and O–H groups in total. The lowest BCUT2D eigenvalue weighted by Gasteiger charge is -2.41. The maximum atomic E-state index is 9.94. The second kappa shape index (κ2) is 5.48. The number of piperidine rings is 1. The summed E-state index contributed by atoms with van der Waals surface area (Å²) in [6.07, 6.45) is 5.89. The molecule has 3 atom stereocenters. The molecule has 0 radical (unpaired) electrons. The van der Waals surface area contributed by atoms with Crippen LogP contribution in [-0.2, 0) is 0 Å². The molecule has 0 aromatic rings. The van der Waals surface area contributed by atoms with Crippen molar-refractivity contribution in [3.63, 3.8) is 0 Å². The molecule has 1 heterocycles. The minimum Gasteiger partial charge on any atom is -0.393 e. The lowest BCUT2D eigenvalue weighted by atomic mass is 9.83. The maximum Gasteiger partial charge on any atom is 0.0578 e. The van der Waals surface area contributed by atoms with E-state index in [1.165, 1.54) is 25.8 Å². The monoisotopic (exact) mass is 226 g/mol. The molecule has 2 aliphatic rings. The topological polar surface area (TPSA) is 49.5 Å². The van der Waals surface area contributed by atoms with E-state index >= 15 is 0 Å². The Labute approximate surface area is 99.0 Å². The van der Waals surface area contributed by atoms with Gasteiger partial charge in [-0.2, -0.15) is 0 Å². The third-order valence-electron chi connectivity index (χ3n) is 4.29. The van der Waals surface area contributed by atoms with Gasteiger partial charge in [-0.25, -0.2) is 0 Å². The van der Waals surface area contributed by atoms with Crippen LogP contribution in [0.25, 0.3) is 0 Å². The molecular formula is C13H26N2O. The zero-order chi connectivity index (χ0) is 11.5. The SMILES string of the molecule is CCC(O)C1CC(N)CN(CC2CCC2)C1. The quantitative estimate of drug-likeness (QED) is 0.757. The first-order valence-electron chi connectivity index (χ1n) is 6.85. The van der Waals surface area contributed by atoms with Gasteiger partial charge in [-0.1, -0.05) is 13.3 Å². The smallest absolute Gasteiger partial charge is 0.0578 e. The lowest BCUT2D eigenvalue weighted by Crippen LogP contribution is -2.51. The standard InChI is InChI=1S/C13H26N2O/c1-2-13(16)11-6-12(14)9-15(8-11)7-10-4-3-5-10/h10-13,16H,2-9,14H2,1H3. The number of hydrogen-bond acceptors (Lipinski definition) is 3. The van der Waals surface area contributed by atoms with Crippen LogP contribution < -0.4 is 5.73 Å². The highest BCUT2D eigenvalue weighted by atomic mass is 16.3. The van der Waals surface area contributed by atoms with Crippen molar-refractivity contribution in [2.75, 3.05) is 19.6 Å². The van der Waals surface area contributed by atoms with Crippen molar-refractivity contribution in [2.45, 2.75) is 51.2 Å². The summed E-state index contributed by atoms with van der Waals surface area (Å²) in [6, 6.07) is 0.264. The van der Waals surface area contributed by atoms with Gasteiger partial charge in [0.05, 0.1) is 6.10 Å². The first-order valence-corrected chi connectivity index (χ1v) is 6.85. The highest BCUT2D eigenvalue weighted by Crippen LogP contribution is 2.29. The average Bonchev–Trinajstić information content (AvgIpc) is 2.21. The molecule has 0 spiro atoms. The fourth-order valence-corrected chi connectivity index (χ4v) is 3.08. The Morgan fingerprint density at radius 1 is 1.38 bits per heavy atom. The van der Waals surface area contributed by atoms with Gasteiger partial charge >= 0.3 is 0 Å². The van der Waals surface area contributed by atoms with Gasteiger partial charge < -0.3 is 15.7 Å². The van der Waals surface area contributed by atoms with Crippen LogP contribution in [0.2, 0.25) is 0 Å². The van der Waals surface area contributed by atoms with Gasteiger partial charge in [-0.3, -0.25) is 0 Å². The summed E-state index contributed by atoms with van der Waals surface area (Å²) in [7, 11) is 0. The molecule has 3 heteroatoms. The van der Waals surface area contributed by atoms with E-state index < -0.39 is 0 Å². The van der Waals surface area contributed by atoms with Crippen molar-refractivity contribution in [1.82, 2.24) is 4.90 Å². The van der Waals surface area contributed by atoms with Crippen LogP contribution >= 0.6 is 0 Å². The summed E-state index contributed by atoms with van der Waals surface area (Å²) >= 11 is 0. The molecule has 2 rings (SSSR count). The fraction of sp³-hybridized carbons (Fsp3) is 1.00. The van der Waals surface area contributed by atoms with E-state index in [2.05, 4.69) is 11.8 Å². The van der Waals surface area contributed by atoms with Crippen LogP contribution in [0.1, 0.15) is 39.0 Å². The van der Waals surface area contributed by atoms with Crippen molar-refractivity contribution in [1.29, 1.82) is 0 Å². The summed E-state index contributed by atoms with van der Waals surface area (Å²) in [5.41, 5.74) is 6.09. The minimum atomic E-state index is -0.157. The van der Waals surface area contributed by atoms with Gasteiger partial charge in [0.25, 0.3) is 0 Å². The molecule has 1 saturated heterocycles. The van der Waals surface area contributed by atoms with E-state index in [9.17, 15) is 5.11 Å². The van der Waals surface area contributed by atoms with E-state index in [1.54, 1.807) is 0 Å². The van der Waals surface area contributed by atoms with E-state index in [-0.39, 0.29) is 12.1 Å². The summed E-state index contributed by atoms with van der Waals surface area (Å²) in [5, 5.41) is 9.94. The number of nitrogens with zero attached hydrogens (tertiary/aromatic N) is 1. The van der Waals surface area contributed by atoms with Gasteiger partial charge in [0, 0.05) is 25.7 Å². The van der Waals surface area contributed by atoms with Crippen LogP contribution in [0.5, 0.6) is 0 Å². The first kappa shape index (κ1) is 12.3. The van der Waals surface area contributed by atoms with Gasteiger partial charge in [0.2, 0.25) is 0 Å². The Balaban J connectivity index is 1.83. The molecular weight excluding hydrogens is 200 g/mol. The van der Waals surface area contributed by atoms with Crippen LogP contribution in [0.3, 0.4) is 0 Å². The van der Waals surface area contributed by atoms with Crippen molar-refractivity contribution >= 4 is 0 Å². The molecule has 1 saturated carbocycles. The van der Waals surface area contributed by atoms with Gasteiger partial charge in [-0.15, -0.1) is 0 Å². The van der Waals surface area contributed by atoms with Gasteiger partial charge in [0.1, 0.15) is 0 Å². The second-order valence-corrected chi connectivity index (χ2v) is 5.75. The molecule has 0 amide bonds. The molecule has 3 nitrogen and oxygen atoms in total. The van der Waals surface area contributed by atoms with Gasteiger partial charge in [0.15, 0.2) is 0 Å². The van der Waals surface area contributed by atoms with Crippen molar-refractivity contribution in [3.05, 3.63) is 0 Å². The average molecular weight is 226 g/mol. The van der Waals surface area contributed by atoms with Crippen molar-refractivity contribution < 1.29 is 5.11 Å². The molecule has 1 aliphatic heterocycles. The van der Waals surface area contributed by atoms with Crippen LogP contribution in [-0.4, -0.2) is 41.8 Å². The number of rotatable bonds is 4. The largest absolute Gasteiger partial charge is 0.393 e. The predicted octanol–water partition coefficient (Wildman–Crippen LogP) is 1.21. The first-order chi connectivity index (χ1) is 7.69. The summed E-state index contributed by atoms with van der Waals surface area (Å²) in [5.74, 6) is 1.30. The Bertz CT molecular complexity index is 218. The molecule has 16 heavy (non-hydrogen) atoms. The molecule has 0 bridgehead atoms. The number of nitrogens with two attached hydrogens (primary N) is 1. The Kier molecular flexibility index (Phi) is 4.22.